The summed E-state index contributed by atoms with van der Waals surface area (Å²) in [5.41, 5.74) is -0.305. The van der Waals surface area contributed by atoms with Crippen molar-refractivity contribution in [2.45, 2.75) is 50.9 Å². The Hall–Kier alpha value is -2.31. The van der Waals surface area contributed by atoms with Crippen LogP contribution in [0.1, 0.15) is 48.9 Å². The molecular weight excluding hydrogens is 560 g/mol. The Morgan fingerprint density at radius 2 is 1.47 bits per heavy atom. The molecule has 2 heterocycles. The van der Waals surface area contributed by atoms with Crippen molar-refractivity contribution in [2.75, 3.05) is 31.5 Å². The number of alkyl halides is 6. The summed E-state index contributed by atoms with van der Waals surface area (Å²) >= 11 is 3.14. The molecule has 0 aromatic heterocycles. The first-order valence-electron chi connectivity index (χ1n) is 11.6. The van der Waals surface area contributed by atoms with E-state index in [-0.39, 0.29) is 30.0 Å². The Balaban J connectivity index is 1.74. The molecule has 6 nitrogen and oxygen atoms in total. The number of amides is 3. The predicted molar refractivity (Wildman–Crippen MR) is 122 cm³/mol. The molecule has 2 aliphatic rings. The molecule has 3 rings (SSSR count). The van der Waals surface area contributed by atoms with Crippen LogP contribution in [0.15, 0.2) is 22.7 Å². The number of carbonyl (C=O) groups excluding carboxylic acids is 3. The minimum Gasteiger partial charge on any atom is -0.343 e. The maximum Gasteiger partial charge on any atom is 0.393 e. The van der Waals surface area contributed by atoms with Crippen LogP contribution in [0.3, 0.4) is 0 Å². The van der Waals surface area contributed by atoms with Crippen LogP contribution in [0.5, 0.6) is 0 Å². The SMILES string of the molecule is O=C(CCC(=O)N1CCCCC1)Nc1ccc(Br)cc1C(=O)N1C[C@H](C(F)(F)F)C[C@H](C(F)(F)F)C1. The van der Waals surface area contributed by atoms with E-state index < -0.39 is 55.5 Å². The molecule has 36 heavy (non-hydrogen) atoms. The summed E-state index contributed by atoms with van der Waals surface area (Å²) in [7, 11) is 0. The molecule has 2 fully saturated rings. The van der Waals surface area contributed by atoms with Crippen molar-refractivity contribution in [3.05, 3.63) is 28.2 Å². The third-order valence-corrected chi connectivity index (χ3v) is 6.92. The molecule has 0 spiro atoms. The normalized spacial score (nSPS) is 21.3. The molecule has 1 N–H and O–H groups in total. The average molecular weight is 586 g/mol. The van der Waals surface area contributed by atoms with E-state index >= 15 is 0 Å². The number of benzene rings is 1. The highest BCUT2D eigenvalue weighted by molar-refractivity contribution is 9.10. The van der Waals surface area contributed by atoms with Gasteiger partial charge in [0.1, 0.15) is 0 Å². The van der Waals surface area contributed by atoms with Crippen LogP contribution in [0, 0.1) is 11.8 Å². The summed E-state index contributed by atoms with van der Waals surface area (Å²) in [4.78, 5) is 40.1. The lowest BCUT2D eigenvalue weighted by molar-refractivity contribution is -0.226. The molecule has 2 aliphatic heterocycles. The van der Waals surface area contributed by atoms with Gasteiger partial charge in [-0.15, -0.1) is 0 Å². The second-order valence-electron chi connectivity index (χ2n) is 9.10. The molecule has 3 amide bonds. The predicted octanol–water partition coefficient (Wildman–Crippen LogP) is 5.38. The van der Waals surface area contributed by atoms with E-state index in [4.69, 9.17) is 0 Å². The number of anilines is 1. The van der Waals surface area contributed by atoms with Crippen LogP contribution < -0.4 is 5.32 Å². The van der Waals surface area contributed by atoms with Gasteiger partial charge in [-0.3, -0.25) is 14.4 Å². The largest absolute Gasteiger partial charge is 0.393 e. The number of hydrogen-bond donors (Lipinski definition) is 1. The van der Waals surface area contributed by atoms with Crippen molar-refractivity contribution in [1.29, 1.82) is 0 Å². The van der Waals surface area contributed by atoms with E-state index in [2.05, 4.69) is 21.2 Å². The Kier molecular flexibility index (Phi) is 8.94. The van der Waals surface area contributed by atoms with Gasteiger partial charge in [0.05, 0.1) is 23.1 Å². The van der Waals surface area contributed by atoms with Gasteiger partial charge in [-0.1, -0.05) is 15.9 Å². The highest BCUT2D eigenvalue weighted by Crippen LogP contribution is 2.42. The molecule has 1 aromatic rings. The molecule has 0 bridgehead atoms. The van der Waals surface area contributed by atoms with Gasteiger partial charge in [0.15, 0.2) is 0 Å². The van der Waals surface area contributed by atoms with Crippen LogP contribution >= 0.6 is 15.9 Å². The standard InChI is InChI=1S/C23H26BrF6N3O3/c24-16-4-5-18(31-19(34)6-7-20(35)32-8-2-1-3-9-32)17(11-16)21(36)33-12-14(22(25,26)27)10-15(13-33)23(28,29)30/h4-5,11,14-15H,1-3,6-10,12-13H2,(H,31,34)/t14-,15+. The van der Waals surface area contributed by atoms with Gasteiger partial charge in [0.2, 0.25) is 11.8 Å². The molecule has 0 saturated carbocycles. The zero-order valence-corrected chi connectivity index (χ0v) is 20.8. The van der Waals surface area contributed by atoms with Gasteiger partial charge in [-0.2, -0.15) is 26.3 Å². The Morgan fingerprint density at radius 1 is 0.889 bits per heavy atom. The van der Waals surface area contributed by atoms with Crippen molar-refractivity contribution in [3.8, 4) is 0 Å². The highest BCUT2D eigenvalue weighted by atomic mass is 79.9. The minimum absolute atomic E-state index is 0.0573. The quantitative estimate of drug-likeness (QED) is 0.471. The maximum absolute atomic E-state index is 13.3. The lowest BCUT2D eigenvalue weighted by Gasteiger charge is -2.39. The summed E-state index contributed by atoms with van der Waals surface area (Å²) in [6, 6.07) is 4.03. The molecule has 200 valence electrons. The number of piperidine rings is 2. The molecule has 2 saturated heterocycles. The molecule has 2 atom stereocenters. The van der Waals surface area contributed by atoms with Crippen LogP contribution in [-0.4, -0.2) is 66.1 Å². The lowest BCUT2D eigenvalue weighted by atomic mass is 9.87. The van der Waals surface area contributed by atoms with Crippen LogP contribution in [0.4, 0.5) is 32.0 Å². The minimum atomic E-state index is -4.91. The van der Waals surface area contributed by atoms with Gasteiger partial charge in [0, 0.05) is 43.5 Å². The molecule has 0 aliphatic carbocycles. The van der Waals surface area contributed by atoms with Crippen molar-refractivity contribution in [1.82, 2.24) is 9.80 Å². The first kappa shape index (κ1) is 28.3. The molecule has 0 unspecified atom stereocenters. The van der Waals surface area contributed by atoms with Crippen LogP contribution in [0.2, 0.25) is 0 Å². The second-order valence-corrected chi connectivity index (χ2v) is 10.0. The molecule has 0 radical (unpaired) electrons. The van der Waals surface area contributed by atoms with E-state index in [1.54, 1.807) is 4.90 Å². The van der Waals surface area contributed by atoms with Gasteiger partial charge >= 0.3 is 12.4 Å². The fourth-order valence-corrected chi connectivity index (χ4v) is 4.81. The van der Waals surface area contributed by atoms with Gasteiger partial charge in [-0.25, -0.2) is 0 Å². The van der Waals surface area contributed by atoms with Crippen molar-refractivity contribution < 1.29 is 40.7 Å². The zero-order valence-electron chi connectivity index (χ0n) is 19.2. The molecule has 13 heteroatoms. The third-order valence-electron chi connectivity index (χ3n) is 6.42. The number of nitrogens with zero attached hydrogens (tertiary/aromatic N) is 2. The number of nitrogens with one attached hydrogen (secondary N) is 1. The van der Waals surface area contributed by atoms with E-state index in [0.29, 0.717) is 22.5 Å². The fourth-order valence-electron chi connectivity index (χ4n) is 4.45. The number of carbonyl (C=O) groups is 3. The third kappa shape index (κ3) is 7.36. The average Bonchev–Trinajstić information content (AvgIpc) is 2.82. The van der Waals surface area contributed by atoms with E-state index in [9.17, 15) is 40.7 Å². The van der Waals surface area contributed by atoms with Gasteiger partial charge in [0.25, 0.3) is 5.91 Å². The maximum atomic E-state index is 13.3. The Morgan fingerprint density at radius 3 is 2.03 bits per heavy atom. The van der Waals surface area contributed by atoms with Crippen molar-refractivity contribution >= 4 is 39.3 Å². The van der Waals surface area contributed by atoms with Crippen LogP contribution in [-0.2, 0) is 9.59 Å². The van der Waals surface area contributed by atoms with E-state index in [1.807, 2.05) is 0 Å². The molecular formula is C23H26BrF6N3O3. The summed E-state index contributed by atoms with van der Waals surface area (Å²) in [5, 5.41) is 2.48. The van der Waals surface area contributed by atoms with Crippen molar-refractivity contribution in [2.24, 2.45) is 11.8 Å². The smallest absolute Gasteiger partial charge is 0.343 e. The lowest BCUT2D eigenvalue weighted by Crippen LogP contribution is -2.51. The molecule has 1 aromatic carbocycles. The van der Waals surface area contributed by atoms with Gasteiger partial charge in [-0.05, 0) is 43.9 Å². The van der Waals surface area contributed by atoms with E-state index in [0.717, 1.165) is 19.3 Å². The summed E-state index contributed by atoms with van der Waals surface area (Å²) in [6.07, 6.45) is -8.38. The first-order chi connectivity index (χ1) is 16.8. The number of hydrogen-bond acceptors (Lipinski definition) is 3. The number of rotatable bonds is 5. The Labute approximate surface area is 212 Å². The van der Waals surface area contributed by atoms with Gasteiger partial charge < -0.3 is 15.1 Å². The summed E-state index contributed by atoms with van der Waals surface area (Å²) < 4.78 is 80.4. The monoisotopic (exact) mass is 585 g/mol. The first-order valence-corrected chi connectivity index (χ1v) is 12.3. The highest BCUT2D eigenvalue weighted by Gasteiger charge is 2.52. The van der Waals surface area contributed by atoms with E-state index in [1.165, 1.54) is 18.2 Å². The topological polar surface area (TPSA) is 69.7 Å². The zero-order chi connectivity index (χ0) is 26.7. The van der Waals surface area contributed by atoms with Crippen molar-refractivity contribution in [3.63, 3.8) is 0 Å². The summed E-state index contributed by atoms with van der Waals surface area (Å²) in [5.74, 6) is -6.49. The van der Waals surface area contributed by atoms with Crippen LogP contribution in [0.25, 0.3) is 0 Å². The second kappa shape index (κ2) is 11.4. The Bertz CT molecular complexity index is 957. The number of likely N-dealkylation sites (tertiary alicyclic amines) is 2. The fraction of sp³-hybridized carbons (Fsp3) is 0.609. The number of halogens is 7. The summed E-state index contributed by atoms with van der Waals surface area (Å²) in [6.45, 7) is -0.586.